The van der Waals surface area contributed by atoms with Crippen LogP contribution in [0, 0.1) is 0 Å². The number of nitrogens with zero attached hydrogens (tertiary/aromatic N) is 5. The predicted octanol–water partition coefficient (Wildman–Crippen LogP) is 2.05. The number of anilines is 2. The summed E-state index contributed by atoms with van der Waals surface area (Å²) in [7, 11) is 1.92. The van der Waals surface area contributed by atoms with Crippen molar-refractivity contribution in [3.05, 3.63) is 48.4 Å². The molecule has 2 aliphatic heterocycles. The molecule has 9 heteroatoms. The van der Waals surface area contributed by atoms with Gasteiger partial charge in [-0.15, -0.1) is 0 Å². The first-order valence-corrected chi connectivity index (χ1v) is 9.42. The number of carbonyl (C=O) groups is 1. The van der Waals surface area contributed by atoms with Gasteiger partial charge < -0.3 is 23.9 Å². The Morgan fingerprint density at radius 3 is 2.66 bits per heavy atom. The molecule has 0 amide bonds. The fourth-order valence-electron chi connectivity index (χ4n) is 4.01. The highest BCUT2D eigenvalue weighted by Gasteiger charge is 2.56. The van der Waals surface area contributed by atoms with Gasteiger partial charge in [-0.05, 0) is 26.0 Å². The van der Waals surface area contributed by atoms with Gasteiger partial charge in [0.1, 0.15) is 30.7 Å². The molecule has 150 valence electrons. The molecule has 4 atom stereocenters. The molecule has 0 spiro atoms. The molecule has 1 aromatic carbocycles. The third kappa shape index (κ3) is 2.89. The largest absolute Gasteiger partial charge is 0.357 e. The number of aldehydes is 1. The van der Waals surface area contributed by atoms with Gasteiger partial charge in [0.05, 0.1) is 6.20 Å². The van der Waals surface area contributed by atoms with E-state index in [4.69, 9.17) is 14.2 Å². The molecule has 5 rings (SSSR count). The smallest absolute Gasteiger partial charge is 0.234 e. The lowest BCUT2D eigenvalue weighted by atomic mass is 10.0. The summed E-state index contributed by atoms with van der Waals surface area (Å²) in [5, 5.41) is 4.50. The molecular weight excluding hydrogens is 374 g/mol. The lowest BCUT2D eigenvalue weighted by molar-refractivity contribution is -0.186. The van der Waals surface area contributed by atoms with E-state index < -0.39 is 30.2 Å². The normalized spacial score (nSPS) is 27.8. The zero-order valence-corrected chi connectivity index (χ0v) is 16.3. The van der Waals surface area contributed by atoms with E-state index in [0.29, 0.717) is 11.6 Å². The minimum absolute atomic E-state index is 0.418. The molecule has 2 saturated heterocycles. The maximum absolute atomic E-state index is 11.5. The molecule has 0 radical (unpaired) electrons. The van der Waals surface area contributed by atoms with E-state index in [1.54, 1.807) is 10.7 Å². The van der Waals surface area contributed by atoms with Crippen molar-refractivity contribution in [2.75, 3.05) is 11.9 Å². The topological polar surface area (TPSA) is 91.1 Å². The summed E-state index contributed by atoms with van der Waals surface area (Å²) in [6, 6.07) is 9.86. The first-order chi connectivity index (χ1) is 14.0. The van der Waals surface area contributed by atoms with Crippen LogP contribution in [0.4, 0.5) is 11.6 Å². The molecule has 4 heterocycles. The van der Waals surface area contributed by atoms with Crippen molar-refractivity contribution in [3.63, 3.8) is 0 Å². The van der Waals surface area contributed by atoms with Crippen molar-refractivity contribution in [2.45, 2.75) is 44.1 Å². The van der Waals surface area contributed by atoms with E-state index in [-0.39, 0.29) is 0 Å². The molecule has 29 heavy (non-hydrogen) atoms. The van der Waals surface area contributed by atoms with Crippen molar-refractivity contribution >= 4 is 23.6 Å². The van der Waals surface area contributed by atoms with Gasteiger partial charge in [-0.2, -0.15) is 9.61 Å². The highest BCUT2D eigenvalue weighted by molar-refractivity contribution is 5.62. The number of benzene rings is 1. The van der Waals surface area contributed by atoms with Crippen LogP contribution in [0.25, 0.3) is 5.65 Å². The summed E-state index contributed by atoms with van der Waals surface area (Å²) in [5.74, 6) is -0.173. The second-order valence-corrected chi connectivity index (χ2v) is 7.63. The predicted molar refractivity (Wildman–Crippen MR) is 103 cm³/mol. The Labute approximate surface area is 167 Å². The molecule has 9 nitrogen and oxygen atoms in total. The highest BCUT2D eigenvalue weighted by atomic mass is 16.8. The number of ether oxygens (including phenoxy) is 3. The minimum Gasteiger partial charge on any atom is -0.357 e. The second-order valence-electron chi connectivity index (χ2n) is 7.63. The number of hydrogen-bond donors (Lipinski definition) is 0. The Hall–Kier alpha value is -2.88. The summed E-state index contributed by atoms with van der Waals surface area (Å²) in [5.41, 5.74) is 2.30. The fourth-order valence-corrected chi connectivity index (χ4v) is 4.01. The number of hydrogen-bond acceptors (Lipinski definition) is 8. The van der Waals surface area contributed by atoms with E-state index in [9.17, 15) is 4.79 Å². The minimum atomic E-state index is -0.782. The van der Waals surface area contributed by atoms with Gasteiger partial charge in [-0.25, -0.2) is 9.97 Å². The molecule has 0 unspecified atom stereocenters. The van der Waals surface area contributed by atoms with Gasteiger partial charge in [0.25, 0.3) is 0 Å². The van der Waals surface area contributed by atoms with Crippen LogP contribution in [-0.2, 0) is 19.0 Å². The lowest BCUT2D eigenvalue weighted by Crippen LogP contribution is -2.30. The average molecular weight is 395 g/mol. The van der Waals surface area contributed by atoms with Crippen LogP contribution in [0.5, 0.6) is 0 Å². The summed E-state index contributed by atoms with van der Waals surface area (Å²) in [6.45, 7) is 3.66. The van der Waals surface area contributed by atoms with E-state index in [1.165, 1.54) is 6.33 Å². The Kier molecular flexibility index (Phi) is 4.12. The summed E-state index contributed by atoms with van der Waals surface area (Å²) in [4.78, 5) is 22.3. The first kappa shape index (κ1) is 18.2. The molecule has 2 fully saturated rings. The average Bonchev–Trinajstić information content (AvgIpc) is 3.38. The van der Waals surface area contributed by atoms with Gasteiger partial charge in [-0.3, -0.25) is 0 Å². The third-order valence-electron chi connectivity index (χ3n) is 5.29. The third-order valence-corrected chi connectivity index (χ3v) is 5.29. The molecule has 0 aliphatic carbocycles. The molecule has 0 N–H and O–H groups in total. The molecule has 3 aromatic rings. The first-order valence-electron chi connectivity index (χ1n) is 9.42. The molecular formula is C20H21N5O4. The highest BCUT2D eigenvalue weighted by Crippen LogP contribution is 2.45. The zero-order chi connectivity index (χ0) is 20.2. The summed E-state index contributed by atoms with van der Waals surface area (Å²) in [6.07, 6.45) is 1.85. The van der Waals surface area contributed by atoms with Crippen LogP contribution in [-0.4, -0.2) is 57.0 Å². The van der Waals surface area contributed by atoms with Gasteiger partial charge in [0, 0.05) is 18.3 Å². The zero-order valence-electron chi connectivity index (χ0n) is 16.3. The van der Waals surface area contributed by atoms with Crippen molar-refractivity contribution in [3.8, 4) is 0 Å². The fraction of sp³-hybridized carbons (Fsp3) is 0.400. The Bertz CT molecular complexity index is 1050. The molecule has 2 aliphatic rings. The summed E-state index contributed by atoms with van der Waals surface area (Å²) < 4.78 is 19.6. The van der Waals surface area contributed by atoms with E-state index in [1.807, 2.05) is 56.1 Å². The number of aromatic nitrogens is 4. The van der Waals surface area contributed by atoms with E-state index >= 15 is 0 Å². The van der Waals surface area contributed by atoms with E-state index in [0.717, 1.165) is 17.5 Å². The van der Waals surface area contributed by atoms with Crippen LogP contribution >= 0.6 is 0 Å². The van der Waals surface area contributed by atoms with Crippen LogP contribution in [0.2, 0.25) is 0 Å². The van der Waals surface area contributed by atoms with Crippen molar-refractivity contribution in [1.82, 2.24) is 19.6 Å². The SMILES string of the molecule is CN(c1ccccc1)c1ncnc2c([C@@H]3O[C@H](C=O)[C@H]4OC(C)(C)O[C@H]43)cnn12. The Morgan fingerprint density at radius 1 is 1.14 bits per heavy atom. The van der Waals surface area contributed by atoms with Crippen molar-refractivity contribution in [1.29, 1.82) is 0 Å². The number of fused-ring (bicyclic) bond motifs is 2. The number of carbonyl (C=O) groups excluding carboxylic acids is 1. The Morgan fingerprint density at radius 2 is 1.90 bits per heavy atom. The standard InChI is InChI=1S/C20H21N5O4/c1-20(2)28-16-14(10-26)27-15(17(16)29-20)13-9-23-25-18(13)21-11-22-19(25)24(3)12-7-5-4-6-8-12/h4-11,14-17H,1-3H3/t14-,15+,16-,17+/m1/s1. The Balaban J connectivity index is 1.55. The number of para-hydroxylation sites is 1. The van der Waals surface area contributed by atoms with Gasteiger partial charge in [-0.1, -0.05) is 18.2 Å². The summed E-state index contributed by atoms with van der Waals surface area (Å²) >= 11 is 0. The lowest BCUT2D eigenvalue weighted by Gasteiger charge is -2.22. The maximum Gasteiger partial charge on any atom is 0.234 e. The van der Waals surface area contributed by atoms with Crippen LogP contribution in [0.3, 0.4) is 0 Å². The van der Waals surface area contributed by atoms with Crippen molar-refractivity contribution < 1.29 is 19.0 Å². The quantitative estimate of drug-likeness (QED) is 0.620. The van der Waals surface area contributed by atoms with Gasteiger partial charge in [0.15, 0.2) is 17.7 Å². The maximum atomic E-state index is 11.5. The number of rotatable bonds is 4. The van der Waals surface area contributed by atoms with Crippen LogP contribution in [0.1, 0.15) is 25.5 Å². The van der Waals surface area contributed by atoms with Crippen LogP contribution < -0.4 is 4.90 Å². The second kappa shape index (κ2) is 6.58. The van der Waals surface area contributed by atoms with Gasteiger partial charge >= 0.3 is 0 Å². The van der Waals surface area contributed by atoms with E-state index in [2.05, 4.69) is 15.1 Å². The van der Waals surface area contributed by atoms with Crippen molar-refractivity contribution in [2.24, 2.45) is 0 Å². The van der Waals surface area contributed by atoms with Gasteiger partial charge in [0.2, 0.25) is 5.95 Å². The van der Waals surface area contributed by atoms with Crippen LogP contribution in [0.15, 0.2) is 42.9 Å². The molecule has 0 bridgehead atoms. The molecule has 2 aromatic heterocycles. The molecule has 0 saturated carbocycles. The monoisotopic (exact) mass is 395 g/mol.